The summed E-state index contributed by atoms with van der Waals surface area (Å²) >= 11 is 0. The monoisotopic (exact) mass is 264 g/mol. The SMILES string of the molecule is COC(C)Cc1noc(-c2cn(C3CNC3)nn2)n1. The summed E-state index contributed by atoms with van der Waals surface area (Å²) in [7, 11) is 1.66. The summed E-state index contributed by atoms with van der Waals surface area (Å²) in [5.41, 5.74) is 0.607. The van der Waals surface area contributed by atoms with Gasteiger partial charge in [0.15, 0.2) is 11.5 Å². The second kappa shape index (κ2) is 5.06. The summed E-state index contributed by atoms with van der Waals surface area (Å²) in [6.07, 6.45) is 2.51. The molecule has 2 aromatic heterocycles. The molecule has 8 nitrogen and oxygen atoms in total. The van der Waals surface area contributed by atoms with Crippen LogP contribution in [0.5, 0.6) is 0 Å². The molecular weight excluding hydrogens is 248 g/mol. The Morgan fingerprint density at radius 1 is 1.58 bits per heavy atom. The van der Waals surface area contributed by atoms with E-state index in [4.69, 9.17) is 9.26 Å². The number of hydrogen-bond acceptors (Lipinski definition) is 7. The lowest BCUT2D eigenvalue weighted by molar-refractivity contribution is 0.116. The van der Waals surface area contributed by atoms with Crippen LogP contribution in [-0.2, 0) is 11.2 Å². The van der Waals surface area contributed by atoms with E-state index in [1.165, 1.54) is 0 Å². The Hall–Kier alpha value is -1.80. The third-order valence-corrected chi connectivity index (χ3v) is 3.20. The van der Waals surface area contributed by atoms with Crippen LogP contribution in [0, 0.1) is 0 Å². The molecule has 1 aliphatic rings. The van der Waals surface area contributed by atoms with Crippen LogP contribution in [0.25, 0.3) is 11.6 Å². The summed E-state index contributed by atoms with van der Waals surface area (Å²) in [6.45, 7) is 3.79. The second-order valence-corrected chi connectivity index (χ2v) is 4.66. The molecule has 19 heavy (non-hydrogen) atoms. The number of hydrogen-bond donors (Lipinski definition) is 1. The molecule has 0 saturated carbocycles. The Morgan fingerprint density at radius 2 is 2.42 bits per heavy atom. The molecule has 0 radical (unpaired) electrons. The average molecular weight is 264 g/mol. The molecule has 0 aromatic carbocycles. The number of aromatic nitrogens is 5. The number of rotatable bonds is 5. The summed E-state index contributed by atoms with van der Waals surface area (Å²) in [4.78, 5) is 4.30. The number of nitrogens with one attached hydrogen (secondary N) is 1. The lowest BCUT2D eigenvalue weighted by Crippen LogP contribution is -2.43. The summed E-state index contributed by atoms with van der Waals surface area (Å²) in [5.74, 6) is 1.01. The largest absolute Gasteiger partial charge is 0.381 e. The molecule has 0 spiro atoms. The van der Waals surface area contributed by atoms with Gasteiger partial charge in [0.05, 0.1) is 18.3 Å². The zero-order valence-corrected chi connectivity index (χ0v) is 10.9. The van der Waals surface area contributed by atoms with Crippen molar-refractivity contribution >= 4 is 0 Å². The first-order valence-electron chi connectivity index (χ1n) is 6.24. The third-order valence-electron chi connectivity index (χ3n) is 3.20. The molecule has 0 bridgehead atoms. The zero-order valence-electron chi connectivity index (χ0n) is 10.9. The van der Waals surface area contributed by atoms with Crippen molar-refractivity contribution in [3.63, 3.8) is 0 Å². The van der Waals surface area contributed by atoms with E-state index in [1.54, 1.807) is 7.11 Å². The number of methoxy groups -OCH3 is 1. The highest BCUT2D eigenvalue weighted by Gasteiger charge is 2.22. The van der Waals surface area contributed by atoms with Crippen molar-refractivity contribution in [2.24, 2.45) is 0 Å². The maximum Gasteiger partial charge on any atom is 0.280 e. The van der Waals surface area contributed by atoms with E-state index in [0.717, 1.165) is 13.1 Å². The van der Waals surface area contributed by atoms with Crippen molar-refractivity contribution in [1.29, 1.82) is 0 Å². The normalized spacial score (nSPS) is 17.4. The molecule has 2 aromatic rings. The van der Waals surface area contributed by atoms with Gasteiger partial charge in [0.2, 0.25) is 0 Å². The lowest BCUT2D eigenvalue weighted by Gasteiger charge is -2.26. The van der Waals surface area contributed by atoms with Gasteiger partial charge in [-0.15, -0.1) is 5.10 Å². The smallest absolute Gasteiger partial charge is 0.280 e. The topological polar surface area (TPSA) is 90.9 Å². The first-order valence-corrected chi connectivity index (χ1v) is 6.24. The Kier molecular flexibility index (Phi) is 3.26. The minimum atomic E-state index is 0.0576. The van der Waals surface area contributed by atoms with Crippen molar-refractivity contribution in [2.75, 3.05) is 20.2 Å². The van der Waals surface area contributed by atoms with E-state index in [2.05, 4.69) is 25.8 Å². The van der Waals surface area contributed by atoms with Crippen LogP contribution in [0.15, 0.2) is 10.7 Å². The van der Waals surface area contributed by atoms with Gasteiger partial charge in [-0.1, -0.05) is 10.4 Å². The van der Waals surface area contributed by atoms with Crippen LogP contribution in [0.4, 0.5) is 0 Å². The Morgan fingerprint density at radius 3 is 3.11 bits per heavy atom. The summed E-state index contributed by atoms with van der Waals surface area (Å²) in [5, 5.41) is 15.2. The molecule has 1 fully saturated rings. The minimum absolute atomic E-state index is 0.0576. The van der Waals surface area contributed by atoms with E-state index >= 15 is 0 Å². The maximum absolute atomic E-state index is 5.19. The van der Waals surface area contributed by atoms with Crippen molar-refractivity contribution in [1.82, 2.24) is 30.5 Å². The molecule has 1 atom stereocenters. The summed E-state index contributed by atoms with van der Waals surface area (Å²) in [6, 6.07) is 0.372. The molecule has 1 saturated heterocycles. The Labute approximate surface area is 110 Å². The van der Waals surface area contributed by atoms with Crippen LogP contribution in [0.2, 0.25) is 0 Å². The van der Waals surface area contributed by atoms with Gasteiger partial charge < -0.3 is 14.6 Å². The first kappa shape index (κ1) is 12.2. The van der Waals surface area contributed by atoms with Crippen LogP contribution < -0.4 is 5.32 Å². The number of nitrogens with zero attached hydrogens (tertiary/aromatic N) is 5. The lowest BCUT2D eigenvalue weighted by atomic mass is 10.2. The van der Waals surface area contributed by atoms with Crippen LogP contribution in [-0.4, -0.2) is 51.4 Å². The Balaban J connectivity index is 1.72. The second-order valence-electron chi connectivity index (χ2n) is 4.66. The fourth-order valence-electron chi connectivity index (χ4n) is 1.80. The van der Waals surface area contributed by atoms with Gasteiger partial charge in [-0.3, -0.25) is 0 Å². The quantitative estimate of drug-likeness (QED) is 0.815. The van der Waals surface area contributed by atoms with Crippen LogP contribution >= 0.6 is 0 Å². The molecule has 8 heteroatoms. The van der Waals surface area contributed by atoms with Crippen molar-refractivity contribution < 1.29 is 9.26 Å². The van der Waals surface area contributed by atoms with Crippen LogP contribution in [0.3, 0.4) is 0 Å². The van der Waals surface area contributed by atoms with Gasteiger partial charge >= 0.3 is 0 Å². The molecule has 1 aliphatic heterocycles. The van der Waals surface area contributed by atoms with E-state index in [-0.39, 0.29) is 6.10 Å². The molecule has 1 unspecified atom stereocenters. The van der Waals surface area contributed by atoms with E-state index < -0.39 is 0 Å². The molecule has 3 rings (SSSR count). The average Bonchev–Trinajstić information content (AvgIpc) is 2.95. The predicted molar refractivity (Wildman–Crippen MR) is 65.4 cm³/mol. The van der Waals surface area contributed by atoms with Gasteiger partial charge in [0.1, 0.15) is 0 Å². The van der Waals surface area contributed by atoms with E-state index in [0.29, 0.717) is 29.9 Å². The van der Waals surface area contributed by atoms with Gasteiger partial charge in [0, 0.05) is 26.6 Å². The standard InChI is InChI=1S/C11H16N6O2/c1-7(18-2)3-10-13-11(19-15-10)9-6-17(16-14-9)8-4-12-5-8/h6-8,12H,3-5H2,1-2H3. The molecule has 102 valence electrons. The third kappa shape index (κ3) is 2.49. The molecule has 0 amide bonds. The fourth-order valence-corrected chi connectivity index (χ4v) is 1.80. The van der Waals surface area contributed by atoms with Crippen LogP contribution in [0.1, 0.15) is 18.8 Å². The summed E-state index contributed by atoms with van der Waals surface area (Å²) < 4.78 is 12.2. The highest BCUT2D eigenvalue weighted by Crippen LogP contribution is 2.17. The van der Waals surface area contributed by atoms with E-state index in [1.807, 2.05) is 17.8 Å². The fraction of sp³-hybridized carbons (Fsp3) is 0.636. The highest BCUT2D eigenvalue weighted by molar-refractivity contribution is 5.43. The van der Waals surface area contributed by atoms with Crippen molar-refractivity contribution in [2.45, 2.75) is 25.5 Å². The first-order chi connectivity index (χ1) is 9.26. The zero-order chi connectivity index (χ0) is 13.2. The molecular formula is C11H16N6O2. The van der Waals surface area contributed by atoms with Crippen molar-refractivity contribution in [3.8, 4) is 11.6 Å². The Bertz CT molecular complexity index is 547. The van der Waals surface area contributed by atoms with Gasteiger partial charge in [-0.25, -0.2) is 4.68 Å². The minimum Gasteiger partial charge on any atom is -0.381 e. The highest BCUT2D eigenvalue weighted by atomic mass is 16.5. The molecule has 3 heterocycles. The van der Waals surface area contributed by atoms with E-state index in [9.17, 15) is 0 Å². The molecule has 1 N–H and O–H groups in total. The van der Waals surface area contributed by atoms with Gasteiger partial charge in [-0.05, 0) is 6.92 Å². The maximum atomic E-state index is 5.19. The molecule has 0 aliphatic carbocycles. The van der Waals surface area contributed by atoms with Gasteiger partial charge in [-0.2, -0.15) is 4.98 Å². The predicted octanol–water partition coefficient (Wildman–Crippen LogP) is 0.0498. The van der Waals surface area contributed by atoms with Crippen molar-refractivity contribution in [3.05, 3.63) is 12.0 Å². The number of ether oxygens (including phenoxy) is 1. The van der Waals surface area contributed by atoms with Gasteiger partial charge in [0.25, 0.3) is 5.89 Å².